The second kappa shape index (κ2) is 10.1. The number of piperazine rings is 1. The standard InChI is InChI=1S/C14H20FN3O.C3H6/c15-13-4-2-1-3-11(13)9-12(16)10-14(19)18-7-5-17-6-8-18;1-3-2/h1-4,12,17H,5-10,16H2;3H,1H2,2H3. The van der Waals surface area contributed by atoms with Crippen LogP contribution in [0.25, 0.3) is 0 Å². The van der Waals surface area contributed by atoms with Crippen LogP contribution in [0.5, 0.6) is 0 Å². The average molecular weight is 307 g/mol. The number of nitrogens with one attached hydrogen (secondary N) is 1. The quantitative estimate of drug-likeness (QED) is 0.833. The van der Waals surface area contributed by atoms with Crippen LogP contribution >= 0.6 is 0 Å². The van der Waals surface area contributed by atoms with Crippen LogP contribution in [0.15, 0.2) is 36.9 Å². The van der Waals surface area contributed by atoms with E-state index in [0.717, 1.165) is 26.2 Å². The van der Waals surface area contributed by atoms with E-state index in [-0.39, 0.29) is 24.2 Å². The number of carbonyl (C=O) groups is 1. The Morgan fingerprint density at radius 2 is 2.05 bits per heavy atom. The fourth-order valence-corrected chi connectivity index (χ4v) is 2.29. The Bertz CT molecular complexity index is 473. The number of rotatable bonds is 4. The number of benzene rings is 1. The topological polar surface area (TPSA) is 58.4 Å². The van der Waals surface area contributed by atoms with Crippen molar-refractivity contribution in [3.05, 3.63) is 48.3 Å². The molecule has 1 aromatic carbocycles. The molecule has 1 aliphatic rings. The smallest absolute Gasteiger partial charge is 0.224 e. The van der Waals surface area contributed by atoms with Gasteiger partial charge in [0, 0.05) is 38.6 Å². The van der Waals surface area contributed by atoms with Crippen molar-refractivity contribution in [1.82, 2.24) is 10.2 Å². The molecular weight excluding hydrogens is 281 g/mol. The van der Waals surface area contributed by atoms with E-state index in [4.69, 9.17) is 5.73 Å². The second-order valence-electron chi connectivity index (χ2n) is 5.30. The number of hydrogen-bond donors (Lipinski definition) is 2. The molecule has 122 valence electrons. The molecule has 1 heterocycles. The molecule has 1 amide bonds. The first-order chi connectivity index (χ1) is 10.6. The Morgan fingerprint density at radius 3 is 2.64 bits per heavy atom. The minimum Gasteiger partial charge on any atom is -0.340 e. The zero-order valence-corrected chi connectivity index (χ0v) is 13.2. The summed E-state index contributed by atoms with van der Waals surface area (Å²) in [5, 5.41) is 3.20. The summed E-state index contributed by atoms with van der Waals surface area (Å²) >= 11 is 0. The zero-order chi connectivity index (χ0) is 16.4. The van der Waals surface area contributed by atoms with E-state index in [0.29, 0.717) is 12.0 Å². The summed E-state index contributed by atoms with van der Waals surface area (Å²) in [6.07, 6.45) is 2.42. The molecule has 1 saturated heterocycles. The fourth-order valence-electron chi connectivity index (χ4n) is 2.29. The zero-order valence-electron chi connectivity index (χ0n) is 13.2. The Hall–Kier alpha value is -1.72. The number of halogens is 1. The van der Waals surface area contributed by atoms with Gasteiger partial charge >= 0.3 is 0 Å². The largest absolute Gasteiger partial charge is 0.340 e. The van der Waals surface area contributed by atoms with E-state index in [1.807, 2.05) is 11.8 Å². The van der Waals surface area contributed by atoms with Crippen molar-refractivity contribution in [3.8, 4) is 0 Å². The van der Waals surface area contributed by atoms with E-state index >= 15 is 0 Å². The summed E-state index contributed by atoms with van der Waals surface area (Å²) in [4.78, 5) is 13.8. The third kappa shape index (κ3) is 6.37. The lowest BCUT2D eigenvalue weighted by atomic mass is 10.0. The Labute approximate surface area is 132 Å². The number of amides is 1. The van der Waals surface area contributed by atoms with Crippen LogP contribution in [0, 0.1) is 5.82 Å². The molecule has 3 N–H and O–H groups in total. The molecule has 1 aliphatic heterocycles. The minimum atomic E-state index is -0.334. The Morgan fingerprint density at radius 1 is 1.45 bits per heavy atom. The summed E-state index contributed by atoms with van der Waals surface area (Å²) in [5.74, 6) is -0.196. The van der Waals surface area contributed by atoms with Crippen molar-refractivity contribution in [2.45, 2.75) is 25.8 Å². The van der Waals surface area contributed by atoms with Crippen molar-refractivity contribution in [1.29, 1.82) is 0 Å². The van der Waals surface area contributed by atoms with Crippen LogP contribution in [0.1, 0.15) is 18.9 Å². The van der Waals surface area contributed by atoms with Gasteiger partial charge in [-0.2, -0.15) is 0 Å². The van der Waals surface area contributed by atoms with Crippen molar-refractivity contribution in [2.75, 3.05) is 26.2 Å². The monoisotopic (exact) mass is 307 g/mol. The second-order valence-corrected chi connectivity index (χ2v) is 5.30. The van der Waals surface area contributed by atoms with Crippen LogP contribution in [-0.4, -0.2) is 43.0 Å². The molecule has 0 radical (unpaired) electrons. The molecule has 0 spiro atoms. The highest BCUT2D eigenvalue weighted by atomic mass is 19.1. The average Bonchev–Trinajstić information content (AvgIpc) is 2.51. The van der Waals surface area contributed by atoms with E-state index in [1.54, 1.807) is 24.3 Å². The van der Waals surface area contributed by atoms with Crippen LogP contribution in [-0.2, 0) is 11.2 Å². The highest BCUT2D eigenvalue weighted by molar-refractivity contribution is 5.77. The first kappa shape index (κ1) is 18.3. The van der Waals surface area contributed by atoms with E-state index in [9.17, 15) is 9.18 Å². The number of hydrogen-bond acceptors (Lipinski definition) is 3. The minimum absolute atomic E-state index is 0.0605. The number of allylic oxidation sites excluding steroid dienone is 1. The molecule has 5 heteroatoms. The van der Waals surface area contributed by atoms with Gasteiger partial charge in [-0.15, -0.1) is 6.58 Å². The van der Waals surface area contributed by atoms with Gasteiger partial charge < -0.3 is 16.0 Å². The summed E-state index contributed by atoms with van der Waals surface area (Å²) in [6, 6.07) is 6.23. The maximum absolute atomic E-state index is 13.5. The SMILES string of the molecule is C=CC.NC(CC(=O)N1CCNCC1)Cc1ccccc1F. The van der Waals surface area contributed by atoms with E-state index in [1.165, 1.54) is 6.07 Å². The van der Waals surface area contributed by atoms with Gasteiger partial charge in [-0.25, -0.2) is 4.39 Å². The predicted molar refractivity (Wildman–Crippen MR) is 88.0 cm³/mol. The Kier molecular flexibility index (Phi) is 8.40. The molecule has 1 fully saturated rings. The summed E-state index contributed by atoms with van der Waals surface area (Å²) < 4.78 is 13.5. The molecule has 22 heavy (non-hydrogen) atoms. The molecule has 2 rings (SSSR count). The Balaban J connectivity index is 0.000000745. The van der Waals surface area contributed by atoms with Crippen molar-refractivity contribution in [3.63, 3.8) is 0 Å². The first-order valence-electron chi connectivity index (χ1n) is 7.63. The highest BCUT2D eigenvalue weighted by Gasteiger charge is 2.19. The lowest BCUT2D eigenvalue weighted by molar-refractivity contribution is -0.132. The van der Waals surface area contributed by atoms with Gasteiger partial charge in [0.25, 0.3) is 0 Å². The van der Waals surface area contributed by atoms with E-state index in [2.05, 4.69) is 11.9 Å². The molecule has 0 saturated carbocycles. The maximum atomic E-state index is 13.5. The lowest BCUT2D eigenvalue weighted by Gasteiger charge is -2.28. The molecule has 0 aliphatic carbocycles. The molecule has 0 aromatic heterocycles. The normalized spacial score (nSPS) is 15.5. The lowest BCUT2D eigenvalue weighted by Crippen LogP contribution is -2.47. The maximum Gasteiger partial charge on any atom is 0.224 e. The van der Waals surface area contributed by atoms with Crippen molar-refractivity contribution >= 4 is 5.91 Å². The molecule has 1 atom stereocenters. The summed E-state index contributed by atoms with van der Waals surface area (Å²) in [7, 11) is 0. The predicted octanol–water partition coefficient (Wildman–Crippen LogP) is 1.71. The van der Waals surface area contributed by atoms with Crippen LogP contribution in [0.4, 0.5) is 4.39 Å². The number of carbonyl (C=O) groups excluding carboxylic acids is 1. The van der Waals surface area contributed by atoms with Gasteiger partial charge in [-0.05, 0) is 25.0 Å². The van der Waals surface area contributed by atoms with Crippen LogP contribution < -0.4 is 11.1 Å². The van der Waals surface area contributed by atoms with Gasteiger partial charge in [-0.3, -0.25) is 4.79 Å². The fraction of sp³-hybridized carbons (Fsp3) is 0.471. The molecule has 0 bridgehead atoms. The molecule has 1 unspecified atom stereocenters. The van der Waals surface area contributed by atoms with Gasteiger partial charge in [0.1, 0.15) is 5.82 Å². The number of nitrogens with zero attached hydrogens (tertiary/aromatic N) is 1. The first-order valence-corrected chi connectivity index (χ1v) is 7.63. The van der Waals surface area contributed by atoms with Crippen LogP contribution in [0.3, 0.4) is 0 Å². The van der Waals surface area contributed by atoms with Gasteiger partial charge in [-0.1, -0.05) is 24.3 Å². The molecule has 4 nitrogen and oxygen atoms in total. The third-order valence-corrected chi connectivity index (χ3v) is 3.35. The summed E-state index contributed by atoms with van der Waals surface area (Å²) in [6.45, 7) is 8.36. The van der Waals surface area contributed by atoms with Crippen molar-refractivity contribution < 1.29 is 9.18 Å². The van der Waals surface area contributed by atoms with Gasteiger partial charge in [0.15, 0.2) is 0 Å². The molecule has 1 aromatic rings. The van der Waals surface area contributed by atoms with Gasteiger partial charge in [0.05, 0.1) is 0 Å². The third-order valence-electron chi connectivity index (χ3n) is 3.35. The van der Waals surface area contributed by atoms with Crippen molar-refractivity contribution in [2.24, 2.45) is 5.73 Å². The summed E-state index contributed by atoms with van der Waals surface area (Å²) in [5.41, 5.74) is 6.52. The van der Waals surface area contributed by atoms with Gasteiger partial charge in [0.2, 0.25) is 5.91 Å². The highest BCUT2D eigenvalue weighted by Crippen LogP contribution is 2.10. The number of nitrogens with two attached hydrogens (primary N) is 1. The molecular formula is C17H26FN3O. The van der Waals surface area contributed by atoms with Crippen LogP contribution in [0.2, 0.25) is 0 Å². The van der Waals surface area contributed by atoms with E-state index < -0.39 is 0 Å².